The molecule has 1 aliphatic heterocycles. The zero-order valence-corrected chi connectivity index (χ0v) is 21.0. The van der Waals surface area contributed by atoms with Crippen LogP contribution in [0.15, 0.2) is 28.9 Å². The first-order valence-corrected chi connectivity index (χ1v) is 12.8. The molecule has 0 radical (unpaired) electrons. The first-order valence-electron chi connectivity index (χ1n) is 12.8. The fraction of sp³-hybridized carbons (Fsp3) is 0.615. The molecule has 0 saturated carbocycles. The van der Waals surface area contributed by atoms with Gasteiger partial charge in [-0.15, -0.1) is 0 Å². The molecular weight excluding hydrogens is 446 g/mol. The van der Waals surface area contributed by atoms with Crippen molar-refractivity contribution in [1.29, 1.82) is 0 Å². The highest BCUT2D eigenvalue weighted by Crippen LogP contribution is 2.30. The maximum Gasteiger partial charge on any atom is 0.435 e. The largest absolute Gasteiger partial charge is 0.492 e. The van der Waals surface area contributed by atoms with Crippen LogP contribution in [-0.4, -0.2) is 53.5 Å². The number of piperidine rings is 1. The van der Waals surface area contributed by atoms with Crippen molar-refractivity contribution in [3.8, 4) is 5.75 Å². The van der Waals surface area contributed by atoms with Gasteiger partial charge in [-0.05, 0) is 55.7 Å². The van der Waals surface area contributed by atoms with Crippen molar-refractivity contribution in [3.63, 3.8) is 0 Å². The number of hydrogen-bond acceptors (Lipinski definition) is 6. The third-order valence-electron chi connectivity index (χ3n) is 6.83. The van der Waals surface area contributed by atoms with E-state index in [9.17, 15) is 4.79 Å². The van der Waals surface area contributed by atoms with E-state index in [1.807, 2.05) is 12.1 Å². The second kappa shape index (κ2) is 11.7. The van der Waals surface area contributed by atoms with E-state index in [2.05, 4.69) is 45.3 Å². The van der Waals surface area contributed by atoms with Gasteiger partial charge in [0.1, 0.15) is 5.75 Å². The fourth-order valence-electron chi connectivity index (χ4n) is 4.51. The number of nitrogens with zero attached hydrogens (tertiary/aromatic N) is 3. The molecule has 1 saturated heterocycles. The molecule has 2 atom stereocenters. The second-order valence-electron chi connectivity index (χ2n) is 10.1. The van der Waals surface area contributed by atoms with Crippen molar-refractivity contribution in [3.05, 3.63) is 35.9 Å². The summed E-state index contributed by atoms with van der Waals surface area (Å²) in [7, 11) is 0. The maximum absolute atomic E-state index is 12.2. The van der Waals surface area contributed by atoms with Crippen molar-refractivity contribution >= 4 is 17.5 Å². The molecule has 9 heteroatoms. The molecule has 1 amide bonds. The Kier molecular flexibility index (Phi) is 8.38. The molecule has 1 unspecified atom stereocenters. The van der Waals surface area contributed by atoms with Crippen LogP contribution >= 0.6 is 0 Å². The van der Waals surface area contributed by atoms with Crippen LogP contribution in [0.1, 0.15) is 70.3 Å². The van der Waals surface area contributed by atoms with Crippen molar-refractivity contribution < 1.29 is 24.1 Å². The molecule has 2 aromatic rings. The van der Waals surface area contributed by atoms with E-state index >= 15 is 0 Å². The van der Waals surface area contributed by atoms with E-state index in [-0.39, 0.29) is 17.9 Å². The van der Waals surface area contributed by atoms with Gasteiger partial charge in [-0.1, -0.05) is 19.9 Å². The van der Waals surface area contributed by atoms with Gasteiger partial charge in [0.2, 0.25) is 5.91 Å². The van der Waals surface area contributed by atoms with Crippen LogP contribution in [0, 0.1) is 11.8 Å². The molecular formula is C26H39N5O4+2. The Morgan fingerprint density at radius 3 is 2.69 bits per heavy atom. The number of rotatable bonds is 9. The summed E-state index contributed by atoms with van der Waals surface area (Å²) < 4.78 is 11.5. The van der Waals surface area contributed by atoms with E-state index in [0.717, 1.165) is 68.5 Å². The Hall–Kier alpha value is -2.94. The predicted molar refractivity (Wildman–Crippen MR) is 133 cm³/mol. The summed E-state index contributed by atoms with van der Waals surface area (Å²) in [5, 5.41) is 14.5. The minimum atomic E-state index is -0.276. The average molecular weight is 486 g/mol. The maximum atomic E-state index is 12.2. The lowest BCUT2D eigenvalue weighted by Crippen LogP contribution is -2.38. The Balaban J connectivity index is 1.20. The number of anilines is 1. The molecule has 2 aliphatic rings. The van der Waals surface area contributed by atoms with Gasteiger partial charge in [-0.25, -0.2) is 9.51 Å². The van der Waals surface area contributed by atoms with Gasteiger partial charge in [0.05, 0.1) is 43.3 Å². The predicted octanol–water partition coefficient (Wildman–Crippen LogP) is 2.72. The first kappa shape index (κ1) is 25.2. The number of nitrogens with one attached hydrogen (secondary N) is 2. The molecule has 190 valence electrons. The van der Waals surface area contributed by atoms with Crippen molar-refractivity contribution in [2.75, 3.05) is 31.1 Å². The van der Waals surface area contributed by atoms with Gasteiger partial charge in [0.25, 0.3) is 5.82 Å². The summed E-state index contributed by atoms with van der Waals surface area (Å²) in [5.74, 6) is 2.54. The standard InChI is InChI=1S/C26H37N5O4/c1-17(2)24-29-26(35-30-24)31-12-10-19(11-13-31)16-34-22-8-9-23(27-15-22)20-4-6-21(7-5-20)25(33)28-14-18(3)32/h4,8-9,15,17-19,21,32H,5-7,10-14,16H2,1-3H3,(H,28,33)/p+2/t18-,21?/m0/s1. The lowest BCUT2D eigenvalue weighted by molar-refractivity contribution is -0.383. The van der Waals surface area contributed by atoms with Crippen molar-refractivity contribution in [2.45, 2.75) is 64.9 Å². The highest BCUT2D eigenvalue weighted by atomic mass is 16.5. The zero-order valence-electron chi connectivity index (χ0n) is 21.0. The lowest BCUT2D eigenvalue weighted by Gasteiger charge is -2.27. The number of amides is 1. The topological polar surface area (TPSA) is 118 Å². The molecule has 0 aromatic carbocycles. The molecule has 0 bridgehead atoms. The number of hydrogen-bond donors (Lipinski definition) is 1. The van der Waals surface area contributed by atoms with Crippen LogP contribution in [0.3, 0.4) is 0 Å². The van der Waals surface area contributed by atoms with E-state index in [1.165, 1.54) is 5.57 Å². The second-order valence-corrected chi connectivity index (χ2v) is 10.1. The lowest BCUT2D eigenvalue weighted by atomic mass is 9.87. The van der Waals surface area contributed by atoms with Gasteiger partial charge in [0.15, 0.2) is 6.10 Å². The highest BCUT2D eigenvalue weighted by molar-refractivity contribution is 5.80. The molecule has 2 aromatic heterocycles. The van der Waals surface area contributed by atoms with Crippen LogP contribution in [0.5, 0.6) is 5.75 Å². The Morgan fingerprint density at radius 1 is 1.29 bits per heavy atom. The van der Waals surface area contributed by atoms with Gasteiger partial charge in [-0.3, -0.25) is 14.7 Å². The minimum absolute atomic E-state index is 0.00859. The zero-order chi connectivity index (χ0) is 24.8. The number of allylic oxidation sites excluding steroid dienone is 2. The molecule has 3 heterocycles. The van der Waals surface area contributed by atoms with E-state index in [4.69, 9.17) is 14.4 Å². The van der Waals surface area contributed by atoms with E-state index < -0.39 is 0 Å². The summed E-state index contributed by atoms with van der Waals surface area (Å²) in [6.07, 6.45) is 8.11. The summed E-state index contributed by atoms with van der Waals surface area (Å²) in [5.41, 5.74) is 2.14. The number of aromatic nitrogens is 3. The monoisotopic (exact) mass is 485 g/mol. The number of carbonyl (C=O) groups is 1. The quantitative estimate of drug-likeness (QED) is 0.546. The molecule has 1 fully saturated rings. The molecule has 1 aliphatic carbocycles. The summed E-state index contributed by atoms with van der Waals surface area (Å²) >= 11 is 0. The summed E-state index contributed by atoms with van der Waals surface area (Å²) in [6, 6.07) is 4.75. The van der Waals surface area contributed by atoms with Crippen LogP contribution < -0.4 is 19.9 Å². The number of ether oxygens (including phenoxy) is 1. The molecule has 35 heavy (non-hydrogen) atoms. The van der Waals surface area contributed by atoms with Crippen molar-refractivity contribution in [2.24, 2.45) is 11.8 Å². The van der Waals surface area contributed by atoms with Gasteiger partial charge in [0, 0.05) is 18.8 Å². The number of carbonyl (C=O) groups excluding carboxylic acids is 1. The SMILES string of the molecule is CC(C)c1noc(N2CCC(COc3ccc(C4=CCC(C(=O)NC[C@H](C)[OH2+])CC4)nc3)CC2)[nH+]1. The van der Waals surface area contributed by atoms with Crippen LogP contribution in [0.25, 0.3) is 5.57 Å². The van der Waals surface area contributed by atoms with Gasteiger partial charge < -0.3 is 15.2 Å². The Labute approximate surface area is 207 Å². The molecule has 9 nitrogen and oxygen atoms in total. The minimum Gasteiger partial charge on any atom is -0.492 e. The average Bonchev–Trinajstić information content (AvgIpc) is 3.38. The molecule has 4 N–H and O–H groups in total. The third kappa shape index (κ3) is 6.81. The first-order chi connectivity index (χ1) is 16.9. The summed E-state index contributed by atoms with van der Waals surface area (Å²) in [6.45, 7) is 8.90. The Bertz CT molecular complexity index is 993. The smallest absolute Gasteiger partial charge is 0.435 e. The van der Waals surface area contributed by atoms with E-state index in [0.29, 0.717) is 25.0 Å². The number of H-pyrrole nitrogens is 1. The number of aromatic amines is 1. The molecule has 4 rings (SSSR count). The Morgan fingerprint density at radius 2 is 2.09 bits per heavy atom. The van der Waals surface area contributed by atoms with Crippen molar-refractivity contribution in [1.82, 2.24) is 15.5 Å². The number of pyridine rings is 1. The molecule has 0 spiro atoms. The van der Waals surface area contributed by atoms with Crippen LogP contribution in [0.2, 0.25) is 0 Å². The summed E-state index contributed by atoms with van der Waals surface area (Å²) in [4.78, 5) is 22.4. The van der Waals surface area contributed by atoms with Gasteiger partial charge in [-0.2, -0.15) is 0 Å². The van der Waals surface area contributed by atoms with Crippen LogP contribution in [0.4, 0.5) is 6.01 Å². The third-order valence-corrected chi connectivity index (χ3v) is 6.83. The normalized spacial score (nSPS) is 20.0. The fourth-order valence-corrected chi connectivity index (χ4v) is 4.51. The van der Waals surface area contributed by atoms with Crippen LogP contribution in [-0.2, 0) is 4.79 Å². The highest BCUT2D eigenvalue weighted by Gasteiger charge is 2.29. The van der Waals surface area contributed by atoms with Gasteiger partial charge >= 0.3 is 6.01 Å². The van der Waals surface area contributed by atoms with E-state index in [1.54, 1.807) is 13.1 Å².